The number of aliphatic hydroxyl groups excluding tert-OH is 1. The number of rotatable bonds is 7. The van der Waals surface area contributed by atoms with Gasteiger partial charge in [-0.15, -0.1) is 0 Å². The zero-order valence-electron chi connectivity index (χ0n) is 16.3. The van der Waals surface area contributed by atoms with Crippen LogP contribution in [0.4, 0.5) is 4.39 Å². The SMILES string of the molecule is COc1ccc([C@@H]2[C@@H](CO)OCCN2C(=O)COc2ccc(F)cc2)cc1OC. The third kappa shape index (κ3) is 4.78. The fourth-order valence-electron chi connectivity index (χ4n) is 3.36. The Kier molecular flexibility index (Phi) is 6.90. The van der Waals surface area contributed by atoms with Gasteiger partial charge in [-0.3, -0.25) is 4.79 Å². The van der Waals surface area contributed by atoms with Crippen LogP contribution in [-0.2, 0) is 9.53 Å². The van der Waals surface area contributed by atoms with Crippen LogP contribution in [0.1, 0.15) is 11.6 Å². The summed E-state index contributed by atoms with van der Waals surface area (Å²) in [4.78, 5) is 14.5. The standard InChI is InChI=1S/C21H24FNO6/c1-26-17-8-3-14(11-18(17)27-2)21-19(12-24)28-10-9-23(21)20(25)13-29-16-6-4-15(22)5-7-16/h3-8,11,19,21,24H,9-10,12-13H2,1-2H3/t19-,21-/m1/s1. The zero-order valence-corrected chi connectivity index (χ0v) is 16.3. The van der Waals surface area contributed by atoms with Crippen molar-refractivity contribution in [1.82, 2.24) is 4.90 Å². The number of methoxy groups -OCH3 is 2. The molecule has 0 aromatic heterocycles. The quantitative estimate of drug-likeness (QED) is 0.761. The molecule has 1 heterocycles. The van der Waals surface area contributed by atoms with E-state index in [9.17, 15) is 14.3 Å². The van der Waals surface area contributed by atoms with Gasteiger partial charge in [0.25, 0.3) is 5.91 Å². The molecule has 0 saturated carbocycles. The van der Waals surface area contributed by atoms with E-state index in [-0.39, 0.29) is 24.9 Å². The van der Waals surface area contributed by atoms with Gasteiger partial charge in [0.15, 0.2) is 18.1 Å². The van der Waals surface area contributed by atoms with E-state index in [0.29, 0.717) is 30.4 Å². The molecule has 2 atom stereocenters. The van der Waals surface area contributed by atoms with Crippen LogP contribution in [-0.4, -0.2) is 62.6 Å². The third-order valence-corrected chi connectivity index (χ3v) is 4.78. The van der Waals surface area contributed by atoms with E-state index < -0.39 is 12.1 Å². The highest BCUT2D eigenvalue weighted by Gasteiger charge is 2.36. The van der Waals surface area contributed by atoms with Gasteiger partial charge in [-0.05, 0) is 42.0 Å². The highest BCUT2D eigenvalue weighted by atomic mass is 19.1. The molecule has 0 unspecified atom stereocenters. The molecule has 1 aliphatic heterocycles. The molecule has 1 saturated heterocycles. The molecular weight excluding hydrogens is 381 g/mol. The first-order valence-electron chi connectivity index (χ1n) is 9.19. The number of ether oxygens (including phenoxy) is 4. The van der Waals surface area contributed by atoms with E-state index in [4.69, 9.17) is 18.9 Å². The highest BCUT2D eigenvalue weighted by Crippen LogP contribution is 2.35. The van der Waals surface area contributed by atoms with Gasteiger partial charge in [0.05, 0.1) is 33.5 Å². The fourth-order valence-corrected chi connectivity index (χ4v) is 3.36. The summed E-state index contributed by atoms with van der Waals surface area (Å²) in [6, 6.07) is 10.3. The van der Waals surface area contributed by atoms with Crippen LogP contribution in [0, 0.1) is 5.82 Å². The Morgan fingerprint density at radius 1 is 1.17 bits per heavy atom. The molecule has 29 heavy (non-hydrogen) atoms. The number of halogens is 1. The van der Waals surface area contributed by atoms with Crippen molar-refractivity contribution >= 4 is 5.91 Å². The number of morpholine rings is 1. The van der Waals surface area contributed by atoms with Crippen LogP contribution in [0.25, 0.3) is 0 Å². The minimum Gasteiger partial charge on any atom is -0.493 e. The van der Waals surface area contributed by atoms with Gasteiger partial charge >= 0.3 is 0 Å². The van der Waals surface area contributed by atoms with E-state index in [1.165, 1.54) is 31.4 Å². The van der Waals surface area contributed by atoms with Gasteiger partial charge in [0, 0.05) is 6.54 Å². The average molecular weight is 405 g/mol. The number of carbonyl (C=O) groups is 1. The topological polar surface area (TPSA) is 77.5 Å². The molecule has 1 amide bonds. The molecule has 7 nitrogen and oxygen atoms in total. The maximum atomic E-state index is 13.0. The Labute approximate surface area is 168 Å². The second-order valence-corrected chi connectivity index (χ2v) is 6.48. The van der Waals surface area contributed by atoms with Crippen molar-refractivity contribution in [3.05, 3.63) is 53.8 Å². The molecule has 0 radical (unpaired) electrons. The molecule has 8 heteroatoms. The average Bonchev–Trinajstić information content (AvgIpc) is 2.77. The lowest BCUT2D eigenvalue weighted by atomic mass is 9.97. The van der Waals surface area contributed by atoms with Crippen molar-refractivity contribution in [1.29, 1.82) is 0 Å². The molecule has 0 spiro atoms. The predicted octanol–water partition coefficient (Wildman–Crippen LogP) is 2.18. The largest absolute Gasteiger partial charge is 0.493 e. The Morgan fingerprint density at radius 3 is 2.55 bits per heavy atom. The molecule has 1 fully saturated rings. The molecule has 1 N–H and O–H groups in total. The summed E-state index contributed by atoms with van der Waals surface area (Å²) >= 11 is 0. The first-order valence-corrected chi connectivity index (χ1v) is 9.19. The monoisotopic (exact) mass is 405 g/mol. The summed E-state index contributed by atoms with van der Waals surface area (Å²) in [6.45, 7) is 0.188. The molecule has 0 bridgehead atoms. The first-order chi connectivity index (χ1) is 14.1. The number of hydrogen-bond acceptors (Lipinski definition) is 6. The minimum absolute atomic E-state index is 0.215. The second kappa shape index (κ2) is 9.58. The fraction of sp³-hybridized carbons (Fsp3) is 0.381. The summed E-state index contributed by atoms with van der Waals surface area (Å²) in [6.07, 6.45) is -0.586. The number of hydrogen-bond donors (Lipinski definition) is 1. The molecule has 1 aliphatic rings. The van der Waals surface area contributed by atoms with Gasteiger partial charge in [-0.25, -0.2) is 4.39 Å². The van der Waals surface area contributed by atoms with Crippen LogP contribution in [0.15, 0.2) is 42.5 Å². The smallest absolute Gasteiger partial charge is 0.261 e. The Balaban J connectivity index is 1.81. The van der Waals surface area contributed by atoms with Crippen LogP contribution in [0.3, 0.4) is 0 Å². The van der Waals surface area contributed by atoms with Crippen molar-refractivity contribution < 1.29 is 33.2 Å². The number of benzene rings is 2. The Hall–Kier alpha value is -2.84. The van der Waals surface area contributed by atoms with Crippen molar-refractivity contribution in [3.8, 4) is 17.2 Å². The van der Waals surface area contributed by atoms with Gasteiger partial charge in [-0.2, -0.15) is 0 Å². The van der Waals surface area contributed by atoms with Gasteiger partial charge in [0.1, 0.15) is 17.7 Å². The molecule has 3 rings (SSSR count). The highest BCUT2D eigenvalue weighted by molar-refractivity contribution is 5.78. The van der Waals surface area contributed by atoms with E-state index in [0.717, 1.165) is 5.56 Å². The lowest BCUT2D eigenvalue weighted by Gasteiger charge is -2.41. The van der Waals surface area contributed by atoms with E-state index in [1.807, 2.05) is 6.07 Å². The number of nitrogens with zero attached hydrogens (tertiary/aromatic N) is 1. The molecule has 156 valence electrons. The van der Waals surface area contributed by atoms with Crippen LogP contribution in [0.2, 0.25) is 0 Å². The van der Waals surface area contributed by atoms with Crippen LogP contribution >= 0.6 is 0 Å². The van der Waals surface area contributed by atoms with E-state index in [2.05, 4.69) is 0 Å². The number of amides is 1. The Bertz CT molecular complexity index is 828. The van der Waals surface area contributed by atoms with Gasteiger partial charge in [-0.1, -0.05) is 6.07 Å². The minimum atomic E-state index is -0.586. The summed E-state index contributed by atoms with van der Waals surface area (Å²) in [5.74, 6) is 0.828. The van der Waals surface area contributed by atoms with Gasteiger partial charge < -0.3 is 29.0 Å². The van der Waals surface area contributed by atoms with Crippen molar-refractivity contribution in [2.75, 3.05) is 40.6 Å². The second-order valence-electron chi connectivity index (χ2n) is 6.48. The first kappa shape index (κ1) is 20.9. The zero-order chi connectivity index (χ0) is 20.8. The molecule has 2 aromatic carbocycles. The van der Waals surface area contributed by atoms with E-state index in [1.54, 1.807) is 24.1 Å². The maximum absolute atomic E-state index is 13.0. The lowest BCUT2D eigenvalue weighted by molar-refractivity contribution is -0.152. The van der Waals surface area contributed by atoms with Crippen LogP contribution < -0.4 is 14.2 Å². The molecular formula is C21H24FNO6. The summed E-state index contributed by atoms with van der Waals surface area (Å²) in [7, 11) is 3.07. The van der Waals surface area contributed by atoms with Crippen molar-refractivity contribution in [3.63, 3.8) is 0 Å². The lowest BCUT2D eigenvalue weighted by Crippen LogP contribution is -2.50. The van der Waals surface area contributed by atoms with Gasteiger partial charge in [0.2, 0.25) is 0 Å². The predicted molar refractivity (Wildman–Crippen MR) is 103 cm³/mol. The summed E-state index contributed by atoms with van der Waals surface area (Å²) < 4.78 is 34.8. The van der Waals surface area contributed by atoms with Crippen LogP contribution in [0.5, 0.6) is 17.2 Å². The molecule has 2 aromatic rings. The third-order valence-electron chi connectivity index (χ3n) is 4.78. The summed E-state index contributed by atoms with van der Waals surface area (Å²) in [5, 5.41) is 9.80. The Morgan fingerprint density at radius 2 is 1.90 bits per heavy atom. The normalized spacial score (nSPS) is 19.0. The number of carbonyl (C=O) groups excluding carboxylic acids is 1. The van der Waals surface area contributed by atoms with E-state index >= 15 is 0 Å². The maximum Gasteiger partial charge on any atom is 0.261 e. The summed E-state index contributed by atoms with van der Waals surface area (Å²) in [5.41, 5.74) is 0.747. The molecule has 0 aliphatic carbocycles. The van der Waals surface area contributed by atoms with Crippen molar-refractivity contribution in [2.24, 2.45) is 0 Å². The number of aliphatic hydroxyl groups is 1. The van der Waals surface area contributed by atoms with Crippen molar-refractivity contribution in [2.45, 2.75) is 12.1 Å².